The summed E-state index contributed by atoms with van der Waals surface area (Å²) in [6.45, 7) is 0. The van der Waals surface area contributed by atoms with Crippen molar-refractivity contribution in [3.05, 3.63) is 48.0 Å². The third kappa shape index (κ3) is 1.04. The van der Waals surface area contributed by atoms with E-state index in [4.69, 9.17) is 4.74 Å². The Bertz CT molecular complexity index is 472. The average molecular weight is 248 g/mol. The van der Waals surface area contributed by atoms with Crippen molar-refractivity contribution in [3.8, 4) is 0 Å². The predicted molar refractivity (Wildman–Crippen MR) is 69.8 cm³/mol. The Morgan fingerprint density at radius 2 is 1.88 bits per heavy atom. The summed E-state index contributed by atoms with van der Waals surface area (Å²) in [7, 11) is 1.82. The lowest BCUT2D eigenvalue weighted by molar-refractivity contribution is 0.134. The summed E-state index contributed by atoms with van der Waals surface area (Å²) in [6.07, 6.45) is 4.63. The van der Waals surface area contributed by atoms with Gasteiger partial charge < -0.3 is 4.74 Å². The predicted octanol–water partition coefficient (Wildman–Crippen LogP) is 3.03. The van der Waals surface area contributed by atoms with Gasteiger partial charge in [-0.25, -0.2) is 0 Å². The SMILES string of the molecule is COC12C=CC3(c4ccccc4)SC3C1S2. The molecule has 4 unspecified atom stereocenters. The molecule has 0 N–H and O–H groups in total. The molecule has 0 bridgehead atoms. The standard InChI is InChI=1S/C13H12OS2/c1-14-13-8-7-12(9-5-3-2-4-6-9)10(15-12)11(13)16-13/h2-8,10-11H,1H3. The molecule has 16 heavy (non-hydrogen) atoms. The molecular formula is C13H12OS2. The first-order valence-corrected chi connectivity index (χ1v) is 7.23. The molecule has 1 aromatic rings. The van der Waals surface area contributed by atoms with E-state index in [0.717, 1.165) is 0 Å². The first-order valence-electron chi connectivity index (χ1n) is 5.47. The molecule has 4 rings (SSSR count). The number of hydrogen-bond donors (Lipinski definition) is 0. The lowest BCUT2D eigenvalue weighted by atomic mass is 9.88. The van der Waals surface area contributed by atoms with Gasteiger partial charge >= 0.3 is 0 Å². The van der Waals surface area contributed by atoms with Crippen LogP contribution in [0.5, 0.6) is 0 Å². The molecule has 4 atom stereocenters. The van der Waals surface area contributed by atoms with Crippen LogP contribution in [0.4, 0.5) is 0 Å². The van der Waals surface area contributed by atoms with Crippen molar-refractivity contribution in [1.82, 2.24) is 0 Å². The van der Waals surface area contributed by atoms with Crippen molar-refractivity contribution in [2.45, 2.75) is 20.2 Å². The molecule has 2 aliphatic heterocycles. The number of fused-ring (bicyclic) bond motifs is 3. The summed E-state index contributed by atoms with van der Waals surface area (Å²) in [5.74, 6) is 0. The number of ether oxygens (including phenoxy) is 1. The van der Waals surface area contributed by atoms with Crippen LogP contribution in [0.3, 0.4) is 0 Å². The molecule has 82 valence electrons. The van der Waals surface area contributed by atoms with E-state index in [9.17, 15) is 0 Å². The highest BCUT2D eigenvalue weighted by atomic mass is 32.2. The van der Waals surface area contributed by atoms with Gasteiger partial charge in [-0.1, -0.05) is 36.4 Å². The molecule has 3 aliphatic rings. The lowest BCUT2D eigenvalue weighted by Gasteiger charge is -2.18. The Balaban J connectivity index is 1.74. The number of hydrogen-bond acceptors (Lipinski definition) is 3. The smallest absolute Gasteiger partial charge is 0.145 e. The van der Waals surface area contributed by atoms with E-state index >= 15 is 0 Å². The van der Waals surface area contributed by atoms with Crippen LogP contribution in [0, 0.1) is 0 Å². The van der Waals surface area contributed by atoms with Gasteiger partial charge in [0.1, 0.15) is 4.93 Å². The van der Waals surface area contributed by atoms with Crippen LogP contribution < -0.4 is 0 Å². The highest BCUT2D eigenvalue weighted by molar-refractivity contribution is 8.13. The van der Waals surface area contributed by atoms with E-state index in [-0.39, 0.29) is 9.68 Å². The third-order valence-corrected chi connectivity index (χ3v) is 7.10. The summed E-state index contributed by atoms with van der Waals surface area (Å²) in [5.41, 5.74) is 1.44. The minimum atomic E-state index is 0.0203. The number of benzene rings is 1. The Morgan fingerprint density at radius 3 is 2.62 bits per heavy atom. The van der Waals surface area contributed by atoms with Gasteiger partial charge in [-0.05, 0) is 11.6 Å². The van der Waals surface area contributed by atoms with Gasteiger partial charge in [0.05, 0.1) is 10.00 Å². The number of methoxy groups -OCH3 is 1. The second kappa shape index (κ2) is 2.89. The van der Waals surface area contributed by atoms with Crippen LogP contribution in [-0.2, 0) is 9.48 Å². The second-order valence-corrected chi connectivity index (χ2v) is 7.30. The molecule has 0 amide bonds. The van der Waals surface area contributed by atoms with Crippen LogP contribution in [0.15, 0.2) is 42.5 Å². The molecule has 3 heteroatoms. The minimum Gasteiger partial charge on any atom is -0.363 e. The van der Waals surface area contributed by atoms with Crippen molar-refractivity contribution >= 4 is 23.5 Å². The van der Waals surface area contributed by atoms with Gasteiger partial charge in [-0.2, -0.15) is 0 Å². The van der Waals surface area contributed by atoms with Crippen LogP contribution >= 0.6 is 23.5 Å². The van der Waals surface area contributed by atoms with E-state index in [0.29, 0.717) is 10.5 Å². The summed E-state index contributed by atoms with van der Waals surface area (Å²) in [5, 5.41) is 1.37. The van der Waals surface area contributed by atoms with Crippen LogP contribution in [0.1, 0.15) is 5.56 Å². The van der Waals surface area contributed by atoms with Crippen molar-refractivity contribution in [2.75, 3.05) is 7.11 Å². The maximum atomic E-state index is 5.59. The molecule has 2 saturated heterocycles. The first kappa shape index (κ1) is 9.63. The van der Waals surface area contributed by atoms with E-state index in [1.165, 1.54) is 5.56 Å². The maximum absolute atomic E-state index is 5.59. The fourth-order valence-electron chi connectivity index (χ4n) is 2.67. The molecule has 0 aromatic heterocycles. The zero-order chi connectivity index (χ0) is 10.8. The van der Waals surface area contributed by atoms with Crippen molar-refractivity contribution in [3.63, 3.8) is 0 Å². The van der Waals surface area contributed by atoms with Gasteiger partial charge in [-0.3, -0.25) is 0 Å². The van der Waals surface area contributed by atoms with Crippen LogP contribution in [0.2, 0.25) is 0 Å². The van der Waals surface area contributed by atoms with Crippen LogP contribution in [-0.4, -0.2) is 22.5 Å². The lowest BCUT2D eigenvalue weighted by Crippen LogP contribution is -2.26. The summed E-state index contributed by atoms with van der Waals surface area (Å²) >= 11 is 4.04. The Hall–Kier alpha value is -0.380. The van der Waals surface area contributed by atoms with Gasteiger partial charge in [0, 0.05) is 12.4 Å². The maximum Gasteiger partial charge on any atom is 0.145 e. The molecule has 1 aromatic carbocycles. The van der Waals surface area contributed by atoms with Crippen molar-refractivity contribution in [1.29, 1.82) is 0 Å². The third-order valence-electron chi connectivity index (χ3n) is 3.72. The molecule has 1 nitrogen and oxygen atoms in total. The van der Waals surface area contributed by atoms with Gasteiger partial charge in [0.15, 0.2) is 0 Å². The largest absolute Gasteiger partial charge is 0.363 e. The first-order chi connectivity index (χ1) is 7.81. The molecule has 0 radical (unpaired) electrons. The van der Waals surface area contributed by atoms with E-state index < -0.39 is 0 Å². The topological polar surface area (TPSA) is 9.23 Å². The fourth-order valence-corrected chi connectivity index (χ4v) is 5.84. The zero-order valence-corrected chi connectivity index (χ0v) is 10.6. The quantitative estimate of drug-likeness (QED) is 0.588. The highest BCUT2D eigenvalue weighted by Gasteiger charge is 2.73. The summed E-state index contributed by atoms with van der Waals surface area (Å²) in [4.78, 5) is 0.0203. The van der Waals surface area contributed by atoms with Gasteiger partial charge in [-0.15, -0.1) is 23.5 Å². The summed E-state index contributed by atoms with van der Waals surface area (Å²) < 4.78 is 5.85. The Morgan fingerprint density at radius 1 is 1.06 bits per heavy atom. The Labute approximate surface area is 104 Å². The molecule has 1 aliphatic carbocycles. The summed E-state index contributed by atoms with van der Waals surface area (Å²) in [6, 6.07) is 10.8. The van der Waals surface area contributed by atoms with E-state index in [1.807, 2.05) is 18.9 Å². The fraction of sp³-hybridized carbons (Fsp3) is 0.385. The second-order valence-electron chi connectivity index (χ2n) is 4.49. The van der Waals surface area contributed by atoms with E-state index in [2.05, 4.69) is 54.2 Å². The zero-order valence-electron chi connectivity index (χ0n) is 8.92. The monoisotopic (exact) mass is 248 g/mol. The molecule has 2 fully saturated rings. The molecule has 0 saturated carbocycles. The highest BCUT2D eigenvalue weighted by Crippen LogP contribution is 2.77. The molecule has 0 spiro atoms. The van der Waals surface area contributed by atoms with Gasteiger partial charge in [0.2, 0.25) is 0 Å². The normalized spacial score (nSPS) is 47.1. The van der Waals surface area contributed by atoms with E-state index in [1.54, 1.807) is 0 Å². The molecule has 2 heterocycles. The van der Waals surface area contributed by atoms with Gasteiger partial charge in [0.25, 0.3) is 0 Å². The number of rotatable bonds is 2. The Kier molecular flexibility index (Phi) is 1.74. The minimum absolute atomic E-state index is 0.0203. The molecular weight excluding hydrogens is 236 g/mol. The number of thioether (sulfide) groups is 2. The van der Waals surface area contributed by atoms with Crippen LogP contribution in [0.25, 0.3) is 0 Å². The van der Waals surface area contributed by atoms with Crippen molar-refractivity contribution in [2.24, 2.45) is 0 Å². The van der Waals surface area contributed by atoms with Crippen molar-refractivity contribution < 1.29 is 4.74 Å². The average Bonchev–Trinajstić information content (AvgIpc) is 3.22.